The standard InChI is InChI=1S/C22H17Cl2N3/c1-27-21-10-6-5-9-17(21)18(22(27)15-7-3-2-4-8-15)14-25-26-16-11-12-19(23)20(24)13-16/h2-14,26H,1H3. The molecule has 5 heteroatoms. The SMILES string of the molecule is Cn1c(-c2ccccc2)c(C=NNc2ccc(Cl)c(Cl)c2)c2ccccc21. The molecule has 0 atom stereocenters. The summed E-state index contributed by atoms with van der Waals surface area (Å²) in [6, 6.07) is 24.0. The summed E-state index contributed by atoms with van der Waals surface area (Å²) in [6.45, 7) is 0. The summed E-state index contributed by atoms with van der Waals surface area (Å²) in [4.78, 5) is 0. The number of fused-ring (bicyclic) bond motifs is 1. The largest absolute Gasteiger partial charge is 0.343 e. The van der Waals surface area contributed by atoms with E-state index in [1.807, 2.05) is 42.6 Å². The zero-order chi connectivity index (χ0) is 18.8. The minimum atomic E-state index is 0.493. The molecule has 0 fully saturated rings. The van der Waals surface area contributed by atoms with E-state index in [9.17, 15) is 0 Å². The number of hydrazone groups is 1. The van der Waals surface area contributed by atoms with Crippen molar-refractivity contribution in [1.82, 2.24) is 4.57 Å². The number of benzene rings is 3. The lowest BCUT2D eigenvalue weighted by atomic mass is 10.1. The van der Waals surface area contributed by atoms with Gasteiger partial charge in [-0.15, -0.1) is 0 Å². The minimum Gasteiger partial charge on any atom is -0.343 e. The van der Waals surface area contributed by atoms with E-state index < -0.39 is 0 Å². The van der Waals surface area contributed by atoms with E-state index in [4.69, 9.17) is 23.2 Å². The smallest absolute Gasteiger partial charge is 0.0613 e. The third-order valence-corrected chi connectivity index (χ3v) is 5.24. The Hall–Kier alpha value is -2.75. The van der Waals surface area contributed by atoms with Crippen LogP contribution in [-0.2, 0) is 7.05 Å². The fraction of sp³-hybridized carbons (Fsp3) is 0.0455. The maximum Gasteiger partial charge on any atom is 0.0613 e. The maximum absolute atomic E-state index is 6.07. The van der Waals surface area contributed by atoms with Gasteiger partial charge in [-0.3, -0.25) is 5.43 Å². The van der Waals surface area contributed by atoms with Crippen LogP contribution in [0.5, 0.6) is 0 Å². The van der Waals surface area contributed by atoms with Gasteiger partial charge in [0, 0.05) is 23.5 Å². The lowest BCUT2D eigenvalue weighted by Crippen LogP contribution is -1.95. The number of hydrogen-bond acceptors (Lipinski definition) is 2. The third kappa shape index (κ3) is 3.44. The topological polar surface area (TPSA) is 29.3 Å². The Labute approximate surface area is 167 Å². The van der Waals surface area contributed by atoms with Crippen LogP contribution in [0.3, 0.4) is 0 Å². The molecule has 0 amide bonds. The minimum absolute atomic E-state index is 0.493. The first kappa shape index (κ1) is 17.7. The summed E-state index contributed by atoms with van der Waals surface area (Å²) in [5.74, 6) is 0. The molecule has 27 heavy (non-hydrogen) atoms. The Bertz CT molecular complexity index is 1130. The van der Waals surface area contributed by atoms with Gasteiger partial charge >= 0.3 is 0 Å². The molecule has 0 radical (unpaired) electrons. The molecule has 4 aromatic rings. The van der Waals surface area contributed by atoms with Crippen molar-refractivity contribution in [2.24, 2.45) is 12.1 Å². The number of nitrogens with one attached hydrogen (secondary N) is 1. The van der Waals surface area contributed by atoms with E-state index in [2.05, 4.69) is 46.4 Å². The second-order valence-corrected chi connectivity index (χ2v) is 7.02. The summed E-state index contributed by atoms with van der Waals surface area (Å²) >= 11 is 12.0. The Morgan fingerprint density at radius 1 is 0.889 bits per heavy atom. The number of para-hydroxylation sites is 1. The molecule has 3 aromatic carbocycles. The highest BCUT2D eigenvalue weighted by Crippen LogP contribution is 2.32. The lowest BCUT2D eigenvalue weighted by Gasteiger charge is -2.06. The van der Waals surface area contributed by atoms with E-state index in [1.165, 1.54) is 0 Å². The molecule has 0 aliphatic heterocycles. The number of rotatable bonds is 4. The second-order valence-electron chi connectivity index (χ2n) is 6.20. The van der Waals surface area contributed by atoms with Crippen molar-refractivity contribution in [2.75, 3.05) is 5.43 Å². The molecule has 1 N–H and O–H groups in total. The molecular formula is C22H17Cl2N3. The van der Waals surface area contributed by atoms with Gasteiger partial charge in [-0.25, -0.2) is 0 Å². The quantitative estimate of drug-likeness (QED) is 0.307. The van der Waals surface area contributed by atoms with Gasteiger partial charge in [0.25, 0.3) is 0 Å². The fourth-order valence-corrected chi connectivity index (χ4v) is 3.53. The zero-order valence-corrected chi connectivity index (χ0v) is 16.2. The number of anilines is 1. The molecular weight excluding hydrogens is 377 g/mol. The highest BCUT2D eigenvalue weighted by atomic mass is 35.5. The van der Waals surface area contributed by atoms with Gasteiger partial charge in [-0.2, -0.15) is 5.10 Å². The first-order valence-corrected chi connectivity index (χ1v) is 9.27. The van der Waals surface area contributed by atoms with Gasteiger partial charge in [0.05, 0.1) is 27.6 Å². The van der Waals surface area contributed by atoms with E-state index >= 15 is 0 Å². The summed E-state index contributed by atoms with van der Waals surface area (Å²) in [7, 11) is 2.08. The number of halogens is 2. The number of hydrogen-bond donors (Lipinski definition) is 1. The van der Waals surface area contributed by atoms with Crippen LogP contribution in [0.2, 0.25) is 10.0 Å². The molecule has 3 nitrogen and oxygen atoms in total. The molecule has 134 valence electrons. The van der Waals surface area contributed by atoms with E-state index in [0.29, 0.717) is 10.0 Å². The van der Waals surface area contributed by atoms with Crippen LogP contribution in [0.25, 0.3) is 22.2 Å². The van der Waals surface area contributed by atoms with Crippen molar-refractivity contribution < 1.29 is 0 Å². The van der Waals surface area contributed by atoms with Gasteiger partial charge in [-0.05, 0) is 29.8 Å². The predicted octanol–water partition coefficient (Wildman–Crippen LogP) is 6.60. The van der Waals surface area contributed by atoms with Crippen LogP contribution in [0.15, 0.2) is 77.9 Å². The normalized spacial score (nSPS) is 11.4. The lowest BCUT2D eigenvalue weighted by molar-refractivity contribution is 0.977. The fourth-order valence-electron chi connectivity index (χ4n) is 3.24. The summed E-state index contributed by atoms with van der Waals surface area (Å²) in [6.07, 6.45) is 1.85. The molecule has 0 bridgehead atoms. The highest BCUT2D eigenvalue weighted by molar-refractivity contribution is 6.42. The van der Waals surface area contributed by atoms with Gasteiger partial charge in [-0.1, -0.05) is 71.7 Å². The van der Waals surface area contributed by atoms with Crippen LogP contribution in [0.1, 0.15) is 5.56 Å². The zero-order valence-electron chi connectivity index (χ0n) is 14.7. The Balaban J connectivity index is 1.77. The maximum atomic E-state index is 6.07. The average Bonchev–Trinajstić information content (AvgIpc) is 2.98. The van der Waals surface area contributed by atoms with Crippen molar-refractivity contribution >= 4 is 46.0 Å². The highest BCUT2D eigenvalue weighted by Gasteiger charge is 2.14. The van der Waals surface area contributed by atoms with E-state index in [0.717, 1.165) is 33.4 Å². The van der Waals surface area contributed by atoms with Gasteiger partial charge in [0.15, 0.2) is 0 Å². The van der Waals surface area contributed by atoms with Gasteiger partial charge in [0.1, 0.15) is 0 Å². The first-order valence-electron chi connectivity index (χ1n) is 8.52. The van der Waals surface area contributed by atoms with Crippen LogP contribution < -0.4 is 5.43 Å². The van der Waals surface area contributed by atoms with Crippen molar-refractivity contribution in [2.45, 2.75) is 0 Å². The molecule has 0 unspecified atom stereocenters. The Kier molecular flexibility index (Phi) is 4.88. The monoisotopic (exact) mass is 393 g/mol. The molecule has 4 rings (SSSR count). The van der Waals surface area contributed by atoms with Gasteiger partial charge in [0.2, 0.25) is 0 Å². The molecule has 1 heterocycles. The van der Waals surface area contributed by atoms with Crippen LogP contribution >= 0.6 is 23.2 Å². The second kappa shape index (κ2) is 7.47. The van der Waals surface area contributed by atoms with Crippen LogP contribution in [0, 0.1) is 0 Å². The van der Waals surface area contributed by atoms with Crippen molar-refractivity contribution in [3.8, 4) is 11.3 Å². The molecule has 1 aromatic heterocycles. The molecule has 0 saturated carbocycles. The number of aryl methyl sites for hydroxylation is 1. The van der Waals surface area contributed by atoms with Crippen molar-refractivity contribution in [1.29, 1.82) is 0 Å². The van der Waals surface area contributed by atoms with E-state index in [1.54, 1.807) is 12.1 Å². The molecule has 0 saturated heterocycles. The molecule has 0 spiro atoms. The first-order chi connectivity index (χ1) is 13.1. The summed E-state index contributed by atoms with van der Waals surface area (Å²) < 4.78 is 2.20. The van der Waals surface area contributed by atoms with Crippen molar-refractivity contribution in [3.63, 3.8) is 0 Å². The molecule has 0 aliphatic carbocycles. The predicted molar refractivity (Wildman–Crippen MR) is 116 cm³/mol. The number of nitrogens with zero attached hydrogens (tertiary/aromatic N) is 2. The summed E-state index contributed by atoms with van der Waals surface area (Å²) in [5.41, 5.74) is 8.30. The van der Waals surface area contributed by atoms with Crippen molar-refractivity contribution in [3.05, 3.63) is 88.4 Å². The molecule has 0 aliphatic rings. The van der Waals surface area contributed by atoms with Crippen LogP contribution in [-0.4, -0.2) is 10.8 Å². The summed E-state index contributed by atoms with van der Waals surface area (Å²) in [5, 5.41) is 6.61. The number of aromatic nitrogens is 1. The third-order valence-electron chi connectivity index (χ3n) is 4.50. The van der Waals surface area contributed by atoms with E-state index in [-0.39, 0.29) is 0 Å². The Morgan fingerprint density at radius 2 is 1.63 bits per heavy atom. The average molecular weight is 394 g/mol. The van der Waals surface area contributed by atoms with Gasteiger partial charge < -0.3 is 4.57 Å². The Morgan fingerprint density at radius 3 is 2.41 bits per heavy atom. The van der Waals surface area contributed by atoms with Crippen LogP contribution in [0.4, 0.5) is 5.69 Å².